The summed E-state index contributed by atoms with van der Waals surface area (Å²) in [6.45, 7) is 5.23. The second kappa shape index (κ2) is 5.60. The fourth-order valence-electron chi connectivity index (χ4n) is 1.81. The Morgan fingerprint density at radius 3 is 2.88 bits per heavy atom. The molecule has 1 N–H and O–H groups in total. The molecule has 88 valence electrons. The van der Waals surface area contributed by atoms with Gasteiger partial charge in [-0.25, -0.2) is 4.98 Å². The molecule has 0 bridgehead atoms. The SMILES string of the molecule is CCNC(C)/C=C/c1ccc2ccccc2n1. The molecule has 2 nitrogen and oxygen atoms in total. The Morgan fingerprint density at radius 1 is 1.24 bits per heavy atom. The van der Waals surface area contributed by atoms with Crippen molar-refractivity contribution in [2.24, 2.45) is 0 Å². The van der Waals surface area contributed by atoms with Crippen molar-refractivity contribution in [3.05, 3.63) is 48.2 Å². The number of fused-ring (bicyclic) bond motifs is 1. The van der Waals surface area contributed by atoms with E-state index in [-0.39, 0.29) is 0 Å². The summed E-state index contributed by atoms with van der Waals surface area (Å²) in [5, 5.41) is 4.52. The monoisotopic (exact) mass is 226 g/mol. The minimum atomic E-state index is 0.383. The third kappa shape index (κ3) is 3.14. The third-order valence-electron chi connectivity index (χ3n) is 2.70. The molecule has 2 heteroatoms. The standard InChI is InChI=1S/C15H18N2/c1-3-16-12(2)8-10-14-11-9-13-6-4-5-7-15(13)17-14/h4-12,16H,3H2,1-2H3/b10-8+. The van der Waals surface area contributed by atoms with Crippen LogP contribution >= 0.6 is 0 Å². The highest BCUT2D eigenvalue weighted by Crippen LogP contribution is 2.12. The summed E-state index contributed by atoms with van der Waals surface area (Å²) in [7, 11) is 0. The molecule has 1 aromatic carbocycles. The summed E-state index contributed by atoms with van der Waals surface area (Å²) in [5.74, 6) is 0. The highest BCUT2D eigenvalue weighted by molar-refractivity contribution is 5.79. The molecule has 1 aromatic heterocycles. The second-order valence-electron chi connectivity index (χ2n) is 4.13. The molecule has 0 radical (unpaired) electrons. The highest BCUT2D eigenvalue weighted by Gasteiger charge is 1.96. The Hall–Kier alpha value is -1.67. The van der Waals surface area contributed by atoms with E-state index in [0.717, 1.165) is 17.8 Å². The fraction of sp³-hybridized carbons (Fsp3) is 0.267. The molecule has 0 aliphatic carbocycles. The largest absolute Gasteiger partial charge is 0.311 e. The fourth-order valence-corrected chi connectivity index (χ4v) is 1.81. The van der Waals surface area contributed by atoms with Crippen LogP contribution in [0.25, 0.3) is 17.0 Å². The molecule has 1 unspecified atom stereocenters. The van der Waals surface area contributed by atoms with Gasteiger partial charge in [-0.05, 0) is 31.7 Å². The van der Waals surface area contributed by atoms with Crippen molar-refractivity contribution in [3.63, 3.8) is 0 Å². The Balaban J connectivity index is 2.19. The normalized spacial score (nSPS) is 13.3. The highest BCUT2D eigenvalue weighted by atomic mass is 14.9. The van der Waals surface area contributed by atoms with Crippen LogP contribution in [0.15, 0.2) is 42.5 Å². The van der Waals surface area contributed by atoms with E-state index in [1.165, 1.54) is 5.39 Å². The Morgan fingerprint density at radius 2 is 2.06 bits per heavy atom. The molecule has 0 amide bonds. The lowest BCUT2D eigenvalue weighted by molar-refractivity contribution is 0.662. The van der Waals surface area contributed by atoms with Gasteiger partial charge in [-0.2, -0.15) is 0 Å². The molecule has 0 aliphatic heterocycles. The summed E-state index contributed by atoms with van der Waals surface area (Å²) >= 11 is 0. The summed E-state index contributed by atoms with van der Waals surface area (Å²) in [6, 6.07) is 12.7. The molecule has 2 rings (SSSR count). The van der Waals surface area contributed by atoms with Crippen LogP contribution in [0, 0.1) is 0 Å². The summed E-state index contributed by atoms with van der Waals surface area (Å²) in [6.07, 6.45) is 4.21. The number of nitrogens with zero attached hydrogens (tertiary/aromatic N) is 1. The predicted octanol–water partition coefficient (Wildman–Crippen LogP) is 3.25. The number of aromatic nitrogens is 1. The van der Waals surface area contributed by atoms with Crippen LogP contribution in [-0.4, -0.2) is 17.6 Å². The number of nitrogens with one attached hydrogen (secondary N) is 1. The molecule has 2 aromatic rings. The molecular formula is C15H18N2. The van der Waals surface area contributed by atoms with E-state index in [1.54, 1.807) is 0 Å². The van der Waals surface area contributed by atoms with Crippen molar-refractivity contribution in [2.75, 3.05) is 6.54 Å². The van der Waals surface area contributed by atoms with Crippen LogP contribution in [0.5, 0.6) is 0 Å². The Bertz CT molecular complexity index is 517. The van der Waals surface area contributed by atoms with E-state index < -0.39 is 0 Å². The topological polar surface area (TPSA) is 24.9 Å². The lowest BCUT2D eigenvalue weighted by atomic mass is 10.2. The summed E-state index contributed by atoms with van der Waals surface area (Å²) in [4.78, 5) is 4.59. The van der Waals surface area contributed by atoms with Gasteiger partial charge in [0.1, 0.15) is 0 Å². The molecule has 0 spiro atoms. The second-order valence-corrected chi connectivity index (χ2v) is 4.13. The Kier molecular flexibility index (Phi) is 3.89. The maximum absolute atomic E-state index is 4.59. The van der Waals surface area contributed by atoms with Crippen molar-refractivity contribution in [1.29, 1.82) is 0 Å². The molecular weight excluding hydrogens is 208 g/mol. The van der Waals surface area contributed by atoms with E-state index in [2.05, 4.69) is 54.5 Å². The summed E-state index contributed by atoms with van der Waals surface area (Å²) < 4.78 is 0. The van der Waals surface area contributed by atoms with Crippen molar-refractivity contribution in [2.45, 2.75) is 19.9 Å². The molecule has 0 saturated heterocycles. The first-order chi connectivity index (χ1) is 8.29. The van der Waals surface area contributed by atoms with E-state index in [4.69, 9.17) is 0 Å². The van der Waals surface area contributed by atoms with Gasteiger partial charge in [-0.3, -0.25) is 0 Å². The quantitative estimate of drug-likeness (QED) is 0.865. The number of likely N-dealkylation sites (N-methyl/N-ethyl adjacent to an activating group) is 1. The van der Waals surface area contributed by atoms with Crippen molar-refractivity contribution < 1.29 is 0 Å². The predicted molar refractivity (Wildman–Crippen MR) is 73.9 cm³/mol. The van der Waals surface area contributed by atoms with Gasteiger partial charge in [-0.1, -0.05) is 37.3 Å². The zero-order chi connectivity index (χ0) is 12.1. The molecule has 1 atom stereocenters. The third-order valence-corrected chi connectivity index (χ3v) is 2.70. The molecule has 1 heterocycles. The van der Waals surface area contributed by atoms with Crippen LogP contribution in [0.3, 0.4) is 0 Å². The van der Waals surface area contributed by atoms with Crippen LogP contribution in [0.1, 0.15) is 19.5 Å². The first kappa shape index (κ1) is 11.8. The first-order valence-electron chi connectivity index (χ1n) is 6.07. The van der Waals surface area contributed by atoms with E-state index >= 15 is 0 Å². The van der Waals surface area contributed by atoms with Gasteiger partial charge in [-0.15, -0.1) is 0 Å². The number of hydrogen-bond donors (Lipinski definition) is 1. The van der Waals surface area contributed by atoms with Gasteiger partial charge in [0.25, 0.3) is 0 Å². The van der Waals surface area contributed by atoms with Crippen LogP contribution in [-0.2, 0) is 0 Å². The van der Waals surface area contributed by atoms with Crippen LogP contribution in [0.2, 0.25) is 0 Å². The number of hydrogen-bond acceptors (Lipinski definition) is 2. The van der Waals surface area contributed by atoms with Gasteiger partial charge in [0.2, 0.25) is 0 Å². The van der Waals surface area contributed by atoms with E-state index in [1.807, 2.05) is 18.2 Å². The molecule has 0 fully saturated rings. The molecule has 17 heavy (non-hydrogen) atoms. The minimum Gasteiger partial charge on any atom is -0.311 e. The number of benzene rings is 1. The van der Waals surface area contributed by atoms with E-state index in [9.17, 15) is 0 Å². The smallest absolute Gasteiger partial charge is 0.0709 e. The number of para-hydroxylation sites is 1. The van der Waals surface area contributed by atoms with Gasteiger partial charge in [0.15, 0.2) is 0 Å². The minimum absolute atomic E-state index is 0.383. The maximum Gasteiger partial charge on any atom is 0.0709 e. The lowest BCUT2D eigenvalue weighted by Crippen LogP contribution is -2.22. The average Bonchev–Trinajstić information content (AvgIpc) is 2.36. The van der Waals surface area contributed by atoms with Crippen LogP contribution < -0.4 is 5.32 Å². The summed E-state index contributed by atoms with van der Waals surface area (Å²) in [5.41, 5.74) is 2.05. The maximum atomic E-state index is 4.59. The van der Waals surface area contributed by atoms with Crippen LogP contribution in [0.4, 0.5) is 0 Å². The zero-order valence-electron chi connectivity index (χ0n) is 10.4. The van der Waals surface area contributed by atoms with Gasteiger partial charge >= 0.3 is 0 Å². The van der Waals surface area contributed by atoms with Gasteiger partial charge in [0.05, 0.1) is 11.2 Å². The van der Waals surface area contributed by atoms with Crippen molar-refractivity contribution in [3.8, 4) is 0 Å². The van der Waals surface area contributed by atoms with Crippen molar-refractivity contribution >= 4 is 17.0 Å². The van der Waals surface area contributed by atoms with Gasteiger partial charge in [0, 0.05) is 11.4 Å². The zero-order valence-corrected chi connectivity index (χ0v) is 10.4. The lowest BCUT2D eigenvalue weighted by Gasteiger charge is -2.05. The number of pyridine rings is 1. The molecule has 0 aliphatic rings. The van der Waals surface area contributed by atoms with Gasteiger partial charge < -0.3 is 5.32 Å². The first-order valence-corrected chi connectivity index (χ1v) is 6.07. The van der Waals surface area contributed by atoms with E-state index in [0.29, 0.717) is 6.04 Å². The molecule has 0 saturated carbocycles. The van der Waals surface area contributed by atoms with Crippen molar-refractivity contribution in [1.82, 2.24) is 10.3 Å². The number of rotatable bonds is 4. The average molecular weight is 226 g/mol. The Labute approximate surface area is 102 Å².